The van der Waals surface area contributed by atoms with E-state index in [1.165, 1.54) is 44.1 Å². The molecule has 0 N–H and O–H groups in total. The molecule has 0 bridgehead atoms. The smallest absolute Gasteiger partial charge is 0.176 e. The Labute approximate surface area is 135 Å². The van der Waals surface area contributed by atoms with E-state index in [0.717, 1.165) is 31.0 Å². The Balaban J connectivity index is 1.78. The lowest BCUT2D eigenvalue weighted by molar-refractivity contribution is 0.0900. The van der Waals surface area contributed by atoms with Gasteiger partial charge in [0, 0.05) is 5.56 Å². The summed E-state index contributed by atoms with van der Waals surface area (Å²) in [5.74, 6) is 1.09. The highest BCUT2D eigenvalue weighted by molar-refractivity contribution is 5.97. The van der Waals surface area contributed by atoms with Gasteiger partial charge in [0.05, 0.1) is 6.54 Å². The molecule has 1 aromatic rings. The van der Waals surface area contributed by atoms with Crippen molar-refractivity contribution in [2.75, 3.05) is 19.6 Å². The normalized spacial score (nSPS) is 16.8. The zero-order valence-corrected chi connectivity index (χ0v) is 14.3. The van der Waals surface area contributed by atoms with Crippen molar-refractivity contribution in [1.29, 1.82) is 0 Å². The molecule has 1 aliphatic heterocycles. The van der Waals surface area contributed by atoms with Crippen LogP contribution in [0.2, 0.25) is 0 Å². The fraction of sp³-hybridized carbons (Fsp3) is 0.650. The molecule has 0 unspecified atom stereocenters. The Morgan fingerprint density at radius 1 is 1.09 bits per heavy atom. The molecule has 1 aliphatic rings. The summed E-state index contributed by atoms with van der Waals surface area (Å²) in [6.07, 6.45) is 8.76. The average Bonchev–Trinajstić information content (AvgIpc) is 2.54. The number of rotatable bonds is 8. The molecule has 1 heterocycles. The zero-order valence-electron chi connectivity index (χ0n) is 14.3. The van der Waals surface area contributed by atoms with Gasteiger partial charge in [0.1, 0.15) is 0 Å². The van der Waals surface area contributed by atoms with Crippen LogP contribution in [-0.4, -0.2) is 30.3 Å². The molecular weight excluding hydrogens is 270 g/mol. The monoisotopic (exact) mass is 301 g/mol. The van der Waals surface area contributed by atoms with E-state index in [9.17, 15) is 4.79 Å². The van der Waals surface area contributed by atoms with E-state index in [1.807, 2.05) is 12.1 Å². The van der Waals surface area contributed by atoms with Crippen LogP contribution in [0.15, 0.2) is 24.3 Å². The van der Waals surface area contributed by atoms with Gasteiger partial charge in [-0.15, -0.1) is 0 Å². The maximum atomic E-state index is 12.4. The summed E-state index contributed by atoms with van der Waals surface area (Å²) in [7, 11) is 0. The number of hydrogen-bond donors (Lipinski definition) is 0. The molecule has 1 saturated heterocycles. The molecule has 2 heteroatoms. The molecule has 0 spiro atoms. The van der Waals surface area contributed by atoms with Crippen molar-refractivity contribution in [3.8, 4) is 0 Å². The SMILES string of the molecule is CCCCCCc1ccc(C(=O)CN2CCC(C)CC2)cc1. The van der Waals surface area contributed by atoms with Crippen molar-refractivity contribution < 1.29 is 4.79 Å². The van der Waals surface area contributed by atoms with Gasteiger partial charge in [-0.3, -0.25) is 9.69 Å². The van der Waals surface area contributed by atoms with Crippen molar-refractivity contribution in [2.45, 2.75) is 58.8 Å². The maximum Gasteiger partial charge on any atom is 0.176 e. The lowest BCUT2D eigenvalue weighted by atomic mass is 9.98. The molecule has 0 radical (unpaired) electrons. The summed E-state index contributed by atoms with van der Waals surface area (Å²) < 4.78 is 0. The number of piperidine rings is 1. The molecule has 0 amide bonds. The topological polar surface area (TPSA) is 20.3 Å². The average molecular weight is 301 g/mol. The van der Waals surface area contributed by atoms with E-state index in [4.69, 9.17) is 0 Å². The van der Waals surface area contributed by atoms with Crippen LogP contribution in [0, 0.1) is 5.92 Å². The number of likely N-dealkylation sites (tertiary alicyclic amines) is 1. The summed E-state index contributed by atoms with van der Waals surface area (Å²) in [6, 6.07) is 8.31. The Kier molecular flexibility index (Phi) is 7.11. The van der Waals surface area contributed by atoms with Gasteiger partial charge >= 0.3 is 0 Å². The van der Waals surface area contributed by atoms with Crippen LogP contribution in [0.5, 0.6) is 0 Å². The molecule has 0 aliphatic carbocycles. The largest absolute Gasteiger partial charge is 0.296 e. The minimum absolute atomic E-state index is 0.270. The Hall–Kier alpha value is -1.15. The Bertz CT molecular complexity index is 443. The first-order valence-corrected chi connectivity index (χ1v) is 9.03. The fourth-order valence-corrected chi connectivity index (χ4v) is 3.13. The van der Waals surface area contributed by atoms with Crippen molar-refractivity contribution in [3.63, 3.8) is 0 Å². The highest BCUT2D eigenvalue weighted by atomic mass is 16.1. The number of hydrogen-bond acceptors (Lipinski definition) is 2. The lowest BCUT2D eigenvalue weighted by Crippen LogP contribution is -2.36. The summed E-state index contributed by atoms with van der Waals surface area (Å²) in [5, 5.41) is 0. The first-order valence-electron chi connectivity index (χ1n) is 9.03. The highest BCUT2D eigenvalue weighted by Crippen LogP contribution is 2.17. The summed E-state index contributed by atoms with van der Waals surface area (Å²) in [6.45, 7) is 7.27. The Morgan fingerprint density at radius 2 is 1.77 bits per heavy atom. The van der Waals surface area contributed by atoms with E-state index in [-0.39, 0.29) is 5.78 Å². The molecule has 2 rings (SSSR count). The van der Waals surface area contributed by atoms with E-state index in [2.05, 4.69) is 30.9 Å². The number of nitrogens with zero attached hydrogens (tertiary/aromatic N) is 1. The molecule has 2 nitrogen and oxygen atoms in total. The van der Waals surface area contributed by atoms with Crippen LogP contribution >= 0.6 is 0 Å². The first-order chi connectivity index (χ1) is 10.7. The van der Waals surface area contributed by atoms with Gasteiger partial charge in [-0.2, -0.15) is 0 Å². The van der Waals surface area contributed by atoms with Gasteiger partial charge in [0.15, 0.2) is 5.78 Å². The van der Waals surface area contributed by atoms with E-state index < -0.39 is 0 Å². The van der Waals surface area contributed by atoms with Crippen LogP contribution in [-0.2, 0) is 6.42 Å². The first kappa shape index (κ1) is 17.2. The lowest BCUT2D eigenvalue weighted by Gasteiger charge is -2.29. The van der Waals surface area contributed by atoms with Gasteiger partial charge in [-0.1, -0.05) is 57.4 Å². The van der Waals surface area contributed by atoms with Crippen LogP contribution < -0.4 is 0 Å². The second kappa shape index (κ2) is 9.09. The van der Waals surface area contributed by atoms with Crippen molar-refractivity contribution in [1.82, 2.24) is 4.90 Å². The van der Waals surface area contributed by atoms with Gasteiger partial charge in [-0.25, -0.2) is 0 Å². The van der Waals surface area contributed by atoms with Crippen molar-refractivity contribution in [2.24, 2.45) is 5.92 Å². The fourth-order valence-electron chi connectivity index (χ4n) is 3.13. The van der Waals surface area contributed by atoms with Gasteiger partial charge in [0.25, 0.3) is 0 Å². The molecule has 0 atom stereocenters. The molecule has 1 fully saturated rings. The summed E-state index contributed by atoms with van der Waals surface area (Å²) >= 11 is 0. The quantitative estimate of drug-likeness (QED) is 0.511. The summed E-state index contributed by atoms with van der Waals surface area (Å²) in [4.78, 5) is 14.7. The minimum Gasteiger partial charge on any atom is -0.296 e. The predicted octanol–water partition coefficient (Wildman–Crippen LogP) is 4.72. The van der Waals surface area contributed by atoms with Crippen LogP contribution in [0.3, 0.4) is 0 Å². The van der Waals surface area contributed by atoms with Crippen LogP contribution in [0.1, 0.15) is 68.3 Å². The number of Topliss-reactive ketones (excluding diaryl/α,β-unsaturated/α-hetero) is 1. The zero-order chi connectivity index (χ0) is 15.8. The van der Waals surface area contributed by atoms with Gasteiger partial charge in [-0.05, 0) is 50.3 Å². The molecular formula is C20H31NO. The molecule has 122 valence electrons. The van der Waals surface area contributed by atoms with Crippen LogP contribution in [0.4, 0.5) is 0 Å². The molecule has 1 aromatic carbocycles. The molecule has 0 aromatic heterocycles. The second-order valence-corrected chi connectivity index (χ2v) is 6.89. The number of benzene rings is 1. The standard InChI is InChI=1S/C20H31NO/c1-3-4-5-6-7-18-8-10-19(11-9-18)20(22)16-21-14-12-17(2)13-15-21/h8-11,17H,3-7,12-16H2,1-2H3. The summed E-state index contributed by atoms with van der Waals surface area (Å²) in [5.41, 5.74) is 2.23. The van der Waals surface area contributed by atoms with E-state index in [0.29, 0.717) is 6.54 Å². The third-order valence-electron chi connectivity index (χ3n) is 4.84. The highest BCUT2D eigenvalue weighted by Gasteiger charge is 2.18. The molecule has 0 saturated carbocycles. The number of ketones is 1. The van der Waals surface area contributed by atoms with E-state index >= 15 is 0 Å². The van der Waals surface area contributed by atoms with Crippen molar-refractivity contribution >= 4 is 5.78 Å². The predicted molar refractivity (Wildman–Crippen MR) is 93.5 cm³/mol. The van der Waals surface area contributed by atoms with Gasteiger partial charge < -0.3 is 0 Å². The third kappa shape index (κ3) is 5.57. The molecule has 22 heavy (non-hydrogen) atoms. The number of unbranched alkanes of at least 4 members (excludes halogenated alkanes) is 3. The minimum atomic E-state index is 0.270. The second-order valence-electron chi connectivity index (χ2n) is 6.89. The maximum absolute atomic E-state index is 12.4. The van der Waals surface area contributed by atoms with Gasteiger partial charge in [0.2, 0.25) is 0 Å². The van der Waals surface area contributed by atoms with E-state index in [1.54, 1.807) is 0 Å². The third-order valence-corrected chi connectivity index (χ3v) is 4.84. The number of carbonyl (C=O) groups excluding carboxylic acids is 1. The van der Waals surface area contributed by atoms with Crippen molar-refractivity contribution in [3.05, 3.63) is 35.4 Å². The number of carbonyl (C=O) groups is 1. The Morgan fingerprint density at radius 3 is 2.41 bits per heavy atom. The van der Waals surface area contributed by atoms with Crippen LogP contribution in [0.25, 0.3) is 0 Å². The number of aryl methyl sites for hydroxylation is 1.